The van der Waals surface area contributed by atoms with E-state index in [-0.39, 0.29) is 29.8 Å². The monoisotopic (exact) mass is 270 g/mol. The Hall–Kier alpha value is -0.990. The molecule has 0 amide bonds. The Bertz CT molecular complexity index is 278. The molecule has 0 atom stereocenters. The number of carbonyl (C=O) groups is 3. The maximum Gasteiger partial charge on any atom is 0.142 e. The summed E-state index contributed by atoms with van der Waals surface area (Å²) in [4.78, 5) is 32.7. The molecule has 0 saturated carbocycles. The summed E-state index contributed by atoms with van der Waals surface area (Å²) in [7, 11) is 0. The Labute approximate surface area is 118 Å². The number of Topliss-reactive ketones (excluding diaryl/α,β-unsaturated/α-hetero) is 3. The lowest BCUT2D eigenvalue weighted by molar-refractivity contribution is -0.128. The summed E-state index contributed by atoms with van der Waals surface area (Å²) in [5.41, 5.74) is 0. The molecule has 112 valence electrons. The molecule has 0 aromatic carbocycles. The highest BCUT2D eigenvalue weighted by atomic mass is 16.1. The number of hydrogen-bond donors (Lipinski definition) is 0. The zero-order valence-corrected chi connectivity index (χ0v) is 13.4. The van der Waals surface area contributed by atoms with E-state index in [4.69, 9.17) is 0 Å². The van der Waals surface area contributed by atoms with Crippen LogP contribution in [0.25, 0.3) is 0 Å². The third kappa shape index (κ3) is 13.2. The quantitative estimate of drug-likeness (QED) is 0.627. The van der Waals surface area contributed by atoms with Crippen LogP contribution in [0.4, 0.5) is 0 Å². The van der Waals surface area contributed by atoms with Gasteiger partial charge in [0.25, 0.3) is 0 Å². The highest BCUT2D eigenvalue weighted by Gasteiger charge is 2.11. The van der Waals surface area contributed by atoms with Crippen molar-refractivity contribution in [3.63, 3.8) is 0 Å². The SMILES string of the molecule is CCCC(=O)C(C)C.CCCC(=O)CC(=O)C(C)C. The van der Waals surface area contributed by atoms with Gasteiger partial charge in [-0.05, 0) is 12.8 Å². The van der Waals surface area contributed by atoms with Crippen LogP contribution >= 0.6 is 0 Å². The van der Waals surface area contributed by atoms with E-state index in [0.29, 0.717) is 12.2 Å². The Kier molecular flexibility index (Phi) is 12.9. The van der Waals surface area contributed by atoms with Gasteiger partial charge in [0.1, 0.15) is 17.3 Å². The van der Waals surface area contributed by atoms with Crippen molar-refractivity contribution in [2.45, 2.75) is 73.6 Å². The lowest BCUT2D eigenvalue weighted by Crippen LogP contribution is -2.12. The highest BCUT2D eigenvalue weighted by Crippen LogP contribution is 2.02. The van der Waals surface area contributed by atoms with Crippen LogP contribution in [0, 0.1) is 11.8 Å². The molecule has 0 aliphatic carbocycles. The number of carbonyl (C=O) groups excluding carboxylic acids is 3. The van der Waals surface area contributed by atoms with Crippen LogP contribution in [0.15, 0.2) is 0 Å². The van der Waals surface area contributed by atoms with Crippen molar-refractivity contribution >= 4 is 17.3 Å². The minimum absolute atomic E-state index is 0.00388. The normalized spacial score (nSPS) is 10.1. The molecule has 0 aliphatic heterocycles. The molecule has 0 aromatic rings. The van der Waals surface area contributed by atoms with E-state index < -0.39 is 0 Å². The molecule has 0 rings (SSSR count). The predicted octanol–water partition coefficient (Wildman–Crippen LogP) is 3.98. The van der Waals surface area contributed by atoms with Crippen LogP contribution in [0.3, 0.4) is 0 Å². The molecule has 0 saturated heterocycles. The average Bonchev–Trinajstić information content (AvgIpc) is 2.30. The standard InChI is InChI=1S/C9H16O2.C7H14O/c1-4-5-8(10)6-9(11)7(2)3;1-4-5-7(8)6(2)3/h7H,4-6H2,1-3H3;6H,4-5H2,1-3H3. The first-order valence-corrected chi connectivity index (χ1v) is 7.33. The summed E-state index contributed by atoms with van der Waals surface area (Å²) in [6.45, 7) is 11.5. The molecule has 0 spiro atoms. The Morgan fingerprint density at radius 1 is 0.737 bits per heavy atom. The van der Waals surface area contributed by atoms with Crippen molar-refractivity contribution in [1.82, 2.24) is 0 Å². The van der Waals surface area contributed by atoms with Crippen molar-refractivity contribution in [3.05, 3.63) is 0 Å². The molecule has 0 heterocycles. The molecule has 0 N–H and O–H groups in total. The Morgan fingerprint density at radius 3 is 1.42 bits per heavy atom. The van der Waals surface area contributed by atoms with Crippen LogP contribution in [-0.4, -0.2) is 17.3 Å². The lowest BCUT2D eigenvalue weighted by atomic mass is 10.0. The Balaban J connectivity index is 0. The molecular formula is C16H30O3. The van der Waals surface area contributed by atoms with E-state index in [1.165, 1.54) is 0 Å². The van der Waals surface area contributed by atoms with Crippen LogP contribution in [0.1, 0.15) is 73.6 Å². The van der Waals surface area contributed by atoms with Gasteiger partial charge in [-0.1, -0.05) is 41.5 Å². The van der Waals surface area contributed by atoms with Crippen molar-refractivity contribution in [2.24, 2.45) is 11.8 Å². The van der Waals surface area contributed by atoms with Crippen LogP contribution in [0.2, 0.25) is 0 Å². The summed E-state index contributed by atoms with van der Waals surface area (Å²) in [5, 5.41) is 0. The third-order valence-corrected chi connectivity index (χ3v) is 2.68. The first-order chi connectivity index (χ1) is 8.76. The maximum atomic E-state index is 11.0. The van der Waals surface area contributed by atoms with E-state index in [2.05, 4.69) is 0 Å². The Morgan fingerprint density at radius 2 is 1.16 bits per heavy atom. The van der Waals surface area contributed by atoms with Crippen molar-refractivity contribution in [2.75, 3.05) is 0 Å². The van der Waals surface area contributed by atoms with Gasteiger partial charge in [-0.15, -0.1) is 0 Å². The second-order valence-corrected chi connectivity index (χ2v) is 5.46. The van der Waals surface area contributed by atoms with Gasteiger partial charge in [0, 0.05) is 24.7 Å². The van der Waals surface area contributed by atoms with Crippen molar-refractivity contribution < 1.29 is 14.4 Å². The molecule has 0 bridgehead atoms. The van der Waals surface area contributed by atoms with Gasteiger partial charge in [0.05, 0.1) is 6.42 Å². The third-order valence-electron chi connectivity index (χ3n) is 2.68. The molecule has 0 aromatic heterocycles. The molecule has 0 fully saturated rings. The fourth-order valence-corrected chi connectivity index (χ4v) is 1.30. The van der Waals surface area contributed by atoms with Crippen LogP contribution in [0.5, 0.6) is 0 Å². The second kappa shape index (κ2) is 12.1. The van der Waals surface area contributed by atoms with Gasteiger partial charge in [-0.3, -0.25) is 14.4 Å². The number of hydrogen-bond acceptors (Lipinski definition) is 3. The van der Waals surface area contributed by atoms with E-state index in [1.807, 2.05) is 41.5 Å². The molecule has 0 aliphatic rings. The number of rotatable bonds is 8. The van der Waals surface area contributed by atoms with Crippen molar-refractivity contribution in [1.29, 1.82) is 0 Å². The average molecular weight is 270 g/mol. The molecule has 19 heavy (non-hydrogen) atoms. The lowest BCUT2D eigenvalue weighted by Gasteiger charge is -2.01. The van der Waals surface area contributed by atoms with E-state index >= 15 is 0 Å². The van der Waals surface area contributed by atoms with Crippen molar-refractivity contribution in [3.8, 4) is 0 Å². The summed E-state index contributed by atoms with van der Waals surface area (Å²) in [6.07, 6.45) is 3.24. The summed E-state index contributed by atoms with van der Waals surface area (Å²) >= 11 is 0. The van der Waals surface area contributed by atoms with Crippen LogP contribution in [-0.2, 0) is 14.4 Å². The molecular weight excluding hydrogens is 240 g/mol. The molecule has 3 heteroatoms. The second-order valence-electron chi connectivity index (χ2n) is 5.46. The minimum Gasteiger partial charge on any atom is -0.299 e. The predicted molar refractivity (Wildman–Crippen MR) is 79.1 cm³/mol. The summed E-state index contributed by atoms with van der Waals surface area (Å²) in [5.74, 6) is 0.743. The highest BCUT2D eigenvalue weighted by molar-refractivity contribution is 5.99. The van der Waals surface area contributed by atoms with E-state index in [9.17, 15) is 14.4 Å². The van der Waals surface area contributed by atoms with Crippen LogP contribution < -0.4 is 0 Å². The molecule has 0 unspecified atom stereocenters. The van der Waals surface area contributed by atoms with Gasteiger partial charge in [0.2, 0.25) is 0 Å². The largest absolute Gasteiger partial charge is 0.299 e. The first-order valence-electron chi connectivity index (χ1n) is 7.33. The van der Waals surface area contributed by atoms with Gasteiger partial charge in [-0.2, -0.15) is 0 Å². The molecule has 3 nitrogen and oxygen atoms in total. The van der Waals surface area contributed by atoms with Gasteiger partial charge >= 0.3 is 0 Å². The zero-order valence-electron chi connectivity index (χ0n) is 13.4. The minimum atomic E-state index is -0.00388. The molecule has 0 radical (unpaired) electrons. The van der Waals surface area contributed by atoms with E-state index in [0.717, 1.165) is 19.3 Å². The fourth-order valence-electron chi connectivity index (χ4n) is 1.30. The topological polar surface area (TPSA) is 51.2 Å². The smallest absolute Gasteiger partial charge is 0.142 e. The summed E-state index contributed by atoms with van der Waals surface area (Å²) < 4.78 is 0. The van der Waals surface area contributed by atoms with E-state index in [1.54, 1.807) is 0 Å². The summed E-state index contributed by atoms with van der Waals surface area (Å²) in [6, 6.07) is 0. The number of ketones is 3. The van der Waals surface area contributed by atoms with Gasteiger partial charge in [0.15, 0.2) is 0 Å². The van der Waals surface area contributed by atoms with Gasteiger partial charge < -0.3 is 0 Å². The zero-order chi connectivity index (χ0) is 15.4. The maximum absolute atomic E-state index is 11.0. The van der Waals surface area contributed by atoms with Gasteiger partial charge in [-0.25, -0.2) is 0 Å². The first kappa shape index (κ1) is 20.3. The fraction of sp³-hybridized carbons (Fsp3) is 0.812.